The molecule has 1 saturated heterocycles. The molecule has 1 aliphatic heterocycles. The molecular formula is C6H12NO2P. The number of nitrogens with zero attached hydrogens (tertiary/aromatic N) is 1. The summed E-state index contributed by atoms with van der Waals surface area (Å²) in [7, 11) is 3.95. The lowest BCUT2D eigenvalue weighted by molar-refractivity contribution is -0.0387. The van der Waals surface area contributed by atoms with Crippen LogP contribution in [0.5, 0.6) is 0 Å². The molecule has 3 nitrogen and oxygen atoms in total. The Morgan fingerprint density at radius 3 is 2.70 bits per heavy atom. The van der Waals surface area contributed by atoms with E-state index in [-0.39, 0.29) is 5.65 Å². The first-order valence-electron chi connectivity index (χ1n) is 3.28. The fourth-order valence-corrected chi connectivity index (χ4v) is 0.973. The maximum absolute atomic E-state index is 10.7. The molecule has 0 aliphatic carbocycles. The van der Waals surface area contributed by atoms with Crippen LogP contribution in [0.25, 0.3) is 0 Å². The number of amides is 1. The molecule has 0 spiro atoms. The van der Waals surface area contributed by atoms with E-state index in [1.165, 1.54) is 0 Å². The zero-order valence-corrected chi connectivity index (χ0v) is 7.19. The standard InChI is InChI=1S/C6H12NO2P/c1-7(6(8)10)2-5-3-9-4-5/h5H,2-4,10H2,1H3. The normalized spacial score (nSPS) is 18.2. The number of ether oxygens (including phenoxy) is 1. The van der Waals surface area contributed by atoms with Crippen LogP contribution < -0.4 is 0 Å². The molecule has 1 amide bonds. The van der Waals surface area contributed by atoms with Gasteiger partial charge in [-0.3, -0.25) is 4.79 Å². The zero-order valence-electron chi connectivity index (χ0n) is 6.04. The van der Waals surface area contributed by atoms with Gasteiger partial charge in [0.1, 0.15) is 0 Å². The number of carbonyl (C=O) groups is 1. The lowest BCUT2D eigenvalue weighted by Crippen LogP contribution is -2.38. The Bertz CT molecular complexity index is 136. The molecule has 0 aromatic rings. The van der Waals surface area contributed by atoms with E-state index in [9.17, 15) is 4.79 Å². The summed E-state index contributed by atoms with van der Waals surface area (Å²) < 4.78 is 4.97. The predicted molar refractivity (Wildman–Crippen MR) is 42.0 cm³/mol. The van der Waals surface area contributed by atoms with Crippen LogP contribution >= 0.6 is 9.24 Å². The molecule has 1 aliphatic rings. The van der Waals surface area contributed by atoms with Gasteiger partial charge in [0.05, 0.1) is 13.2 Å². The first-order chi connectivity index (χ1) is 4.70. The topological polar surface area (TPSA) is 29.5 Å². The van der Waals surface area contributed by atoms with Gasteiger partial charge in [-0.1, -0.05) is 0 Å². The first-order valence-corrected chi connectivity index (χ1v) is 3.86. The molecule has 58 valence electrons. The van der Waals surface area contributed by atoms with Crippen LogP contribution in [0.3, 0.4) is 0 Å². The van der Waals surface area contributed by atoms with Crippen molar-refractivity contribution < 1.29 is 9.53 Å². The second-order valence-electron chi connectivity index (χ2n) is 2.62. The summed E-state index contributed by atoms with van der Waals surface area (Å²) in [6, 6.07) is 0. The third kappa shape index (κ3) is 1.93. The summed E-state index contributed by atoms with van der Waals surface area (Å²) in [4.78, 5) is 12.4. The molecule has 1 atom stereocenters. The summed E-state index contributed by atoms with van der Waals surface area (Å²) in [5, 5.41) is 0. The van der Waals surface area contributed by atoms with Gasteiger partial charge in [0, 0.05) is 19.5 Å². The Morgan fingerprint density at radius 2 is 2.40 bits per heavy atom. The highest BCUT2D eigenvalue weighted by atomic mass is 31.0. The summed E-state index contributed by atoms with van der Waals surface area (Å²) in [6.45, 7) is 2.44. The highest BCUT2D eigenvalue weighted by Crippen LogP contribution is 2.11. The van der Waals surface area contributed by atoms with Crippen LogP contribution in [0.4, 0.5) is 4.79 Å². The number of rotatable bonds is 2. The summed E-state index contributed by atoms with van der Waals surface area (Å²) in [6.07, 6.45) is 0. The third-order valence-corrected chi connectivity index (χ3v) is 2.06. The van der Waals surface area contributed by atoms with Gasteiger partial charge in [0.15, 0.2) is 0 Å². The van der Waals surface area contributed by atoms with Gasteiger partial charge in [0.25, 0.3) is 0 Å². The lowest BCUT2D eigenvalue weighted by atomic mass is 10.1. The van der Waals surface area contributed by atoms with E-state index in [4.69, 9.17) is 4.74 Å². The first kappa shape index (κ1) is 7.96. The summed E-state index contributed by atoms with van der Waals surface area (Å²) in [5.41, 5.74) is 0.0481. The minimum atomic E-state index is 0.0481. The Morgan fingerprint density at radius 1 is 1.80 bits per heavy atom. The van der Waals surface area contributed by atoms with Gasteiger partial charge in [-0.15, -0.1) is 0 Å². The van der Waals surface area contributed by atoms with Crippen molar-refractivity contribution in [3.8, 4) is 0 Å². The van der Waals surface area contributed by atoms with E-state index in [1.54, 1.807) is 11.9 Å². The Balaban J connectivity index is 2.16. The lowest BCUT2D eigenvalue weighted by Gasteiger charge is -2.29. The van der Waals surface area contributed by atoms with Gasteiger partial charge in [-0.25, -0.2) is 0 Å². The molecule has 0 aromatic carbocycles. The molecule has 1 heterocycles. The van der Waals surface area contributed by atoms with Crippen molar-refractivity contribution in [2.75, 3.05) is 26.8 Å². The van der Waals surface area contributed by atoms with Crippen molar-refractivity contribution in [2.24, 2.45) is 5.92 Å². The van der Waals surface area contributed by atoms with Crippen molar-refractivity contribution in [3.63, 3.8) is 0 Å². The molecule has 0 radical (unpaired) electrons. The van der Waals surface area contributed by atoms with Crippen LogP contribution in [-0.2, 0) is 4.74 Å². The quantitative estimate of drug-likeness (QED) is 0.554. The number of hydrogen-bond acceptors (Lipinski definition) is 2. The minimum absolute atomic E-state index is 0.0481. The van der Waals surface area contributed by atoms with E-state index in [0.717, 1.165) is 19.8 Å². The highest BCUT2D eigenvalue weighted by Gasteiger charge is 2.20. The van der Waals surface area contributed by atoms with Crippen molar-refractivity contribution >= 4 is 14.9 Å². The number of hydrogen-bond donors (Lipinski definition) is 0. The predicted octanol–water partition coefficient (Wildman–Crippen LogP) is 0.560. The van der Waals surface area contributed by atoms with Gasteiger partial charge in [0.2, 0.25) is 5.65 Å². The van der Waals surface area contributed by atoms with E-state index in [1.807, 2.05) is 0 Å². The van der Waals surface area contributed by atoms with E-state index in [2.05, 4.69) is 9.24 Å². The van der Waals surface area contributed by atoms with Crippen molar-refractivity contribution in [2.45, 2.75) is 0 Å². The smallest absolute Gasteiger partial charge is 0.237 e. The molecular weight excluding hydrogens is 149 g/mol. The molecule has 4 heteroatoms. The van der Waals surface area contributed by atoms with Gasteiger partial charge in [-0.05, 0) is 9.24 Å². The highest BCUT2D eigenvalue weighted by molar-refractivity contribution is 7.39. The third-order valence-electron chi connectivity index (χ3n) is 1.62. The molecule has 0 aromatic heterocycles. The van der Waals surface area contributed by atoms with Crippen LogP contribution in [0.2, 0.25) is 0 Å². The molecule has 1 fully saturated rings. The molecule has 1 rings (SSSR count). The SMILES string of the molecule is CN(CC1COC1)C(=O)P. The minimum Gasteiger partial charge on any atom is -0.381 e. The maximum Gasteiger partial charge on any atom is 0.237 e. The van der Waals surface area contributed by atoms with Crippen LogP contribution in [0, 0.1) is 5.92 Å². The van der Waals surface area contributed by atoms with Crippen molar-refractivity contribution in [1.82, 2.24) is 4.90 Å². The fourth-order valence-electron chi connectivity index (χ4n) is 0.867. The zero-order chi connectivity index (χ0) is 7.56. The van der Waals surface area contributed by atoms with Gasteiger partial charge in [-0.2, -0.15) is 0 Å². The Kier molecular flexibility index (Phi) is 2.64. The molecule has 0 N–H and O–H groups in total. The fraction of sp³-hybridized carbons (Fsp3) is 0.833. The second-order valence-corrected chi connectivity index (χ2v) is 3.12. The van der Waals surface area contributed by atoms with Crippen molar-refractivity contribution in [1.29, 1.82) is 0 Å². The maximum atomic E-state index is 10.7. The second kappa shape index (κ2) is 3.31. The monoisotopic (exact) mass is 161 g/mol. The largest absolute Gasteiger partial charge is 0.381 e. The van der Waals surface area contributed by atoms with Gasteiger partial charge < -0.3 is 9.64 Å². The molecule has 0 bridgehead atoms. The van der Waals surface area contributed by atoms with Crippen LogP contribution in [0.1, 0.15) is 0 Å². The van der Waals surface area contributed by atoms with Gasteiger partial charge >= 0.3 is 0 Å². The van der Waals surface area contributed by atoms with E-state index < -0.39 is 0 Å². The van der Waals surface area contributed by atoms with Crippen LogP contribution in [0.15, 0.2) is 0 Å². The molecule has 0 saturated carbocycles. The molecule has 10 heavy (non-hydrogen) atoms. The van der Waals surface area contributed by atoms with Crippen molar-refractivity contribution in [3.05, 3.63) is 0 Å². The summed E-state index contributed by atoms with van der Waals surface area (Å²) >= 11 is 0. The summed E-state index contributed by atoms with van der Waals surface area (Å²) in [5.74, 6) is 0.564. The molecule has 1 unspecified atom stereocenters. The number of carbonyl (C=O) groups excluding carboxylic acids is 1. The Labute approximate surface area is 62.9 Å². The average molecular weight is 161 g/mol. The van der Waals surface area contributed by atoms with E-state index >= 15 is 0 Å². The van der Waals surface area contributed by atoms with Crippen LogP contribution in [-0.4, -0.2) is 37.4 Å². The van der Waals surface area contributed by atoms with E-state index in [0.29, 0.717) is 5.92 Å². The average Bonchev–Trinajstić information content (AvgIpc) is 1.77. The Hall–Kier alpha value is -0.140.